The summed E-state index contributed by atoms with van der Waals surface area (Å²) in [6, 6.07) is 0.788. The molecular formula is C14H28N2O3. The molecule has 3 N–H and O–H groups in total. The highest BCUT2D eigenvalue weighted by atomic mass is 16.6. The average Bonchev–Trinajstić information content (AvgIpc) is 2.29. The summed E-state index contributed by atoms with van der Waals surface area (Å²) in [5, 5.41) is 15.3. The van der Waals surface area contributed by atoms with Gasteiger partial charge < -0.3 is 20.5 Å². The van der Waals surface area contributed by atoms with E-state index in [0.717, 1.165) is 25.7 Å². The molecule has 19 heavy (non-hydrogen) atoms. The van der Waals surface area contributed by atoms with Crippen molar-refractivity contribution in [2.45, 2.75) is 77.1 Å². The van der Waals surface area contributed by atoms with Crippen LogP contribution < -0.4 is 10.6 Å². The van der Waals surface area contributed by atoms with E-state index in [0.29, 0.717) is 6.04 Å². The van der Waals surface area contributed by atoms with Crippen molar-refractivity contribution in [3.8, 4) is 0 Å². The van der Waals surface area contributed by atoms with Gasteiger partial charge in [0.2, 0.25) is 0 Å². The van der Waals surface area contributed by atoms with Gasteiger partial charge in [-0.1, -0.05) is 0 Å². The van der Waals surface area contributed by atoms with Crippen LogP contribution in [0.2, 0.25) is 0 Å². The standard InChI is InChI=1S/C14H28N2O3/c1-10(9-17)15-11-5-7-12(8-6-11)16-13(18)19-14(2,3)4/h10-12,15,17H,5-9H2,1-4H3,(H,16,18). The van der Waals surface area contributed by atoms with Gasteiger partial charge in [0, 0.05) is 18.1 Å². The van der Waals surface area contributed by atoms with Gasteiger partial charge in [0.05, 0.1) is 6.61 Å². The quantitative estimate of drug-likeness (QED) is 0.730. The number of hydrogen-bond donors (Lipinski definition) is 3. The molecule has 1 aliphatic rings. The molecule has 1 amide bonds. The lowest BCUT2D eigenvalue weighted by Crippen LogP contribution is -2.46. The van der Waals surface area contributed by atoms with Crippen LogP contribution in [0.1, 0.15) is 53.4 Å². The Morgan fingerprint density at radius 3 is 2.26 bits per heavy atom. The molecule has 1 unspecified atom stereocenters. The van der Waals surface area contributed by atoms with E-state index in [9.17, 15) is 4.79 Å². The second-order valence-electron chi connectivity index (χ2n) is 6.45. The maximum Gasteiger partial charge on any atom is 0.407 e. The minimum Gasteiger partial charge on any atom is -0.444 e. The van der Waals surface area contributed by atoms with Crippen LogP contribution in [0, 0.1) is 0 Å². The number of nitrogens with one attached hydrogen (secondary N) is 2. The number of hydrogen-bond acceptors (Lipinski definition) is 4. The van der Waals surface area contributed by atoms with Gasteiger partial charge in [-0.25, -0.2) is 4.79 Å². The van der Waals surface area contributed by atoms with Crippen molar-refractivity contribution in [2.75, 3.05) is 6.61 Å². The number of aliphatic hydroxyl groups excluding tert-OH is 1. The van der Waals surface area contributed by atoms with Crippen LogP contribution in [0.5, 0.6) is 0 Å². The molecule has 0 aromatic carbocycles. The molecule has 112 valence electrons. The number of rotatable bonds is 4. The molecular weight excluding hydrogens is 244 g/mol. The Hall–Kier alpha value is -0.810. The number of alkyl carbamates (subject to hydrolysis) is 1. The van der Waals surface area contributed by atoms with E-state index in [-0.39, 0.29) is 24.8 Å². The highest BCUT2D eigenvalue weighted by Gasteiger charge is 2.25. The lowest BCUT2D eigenvalue weighted by Gasteiger charge is -2.31. The number of aliphatic hydroxyl groups is 1. The van der Waals surface area contributed by atoms with Crippen molar-refractivity contribution in [3.05, 3.63) is 0 Å². The lowest BCUT2D eigenvalue weighted by molar-refractivity contribution is 0.0489. The average molecular weight is 272 g/mol. The largest absolute Gasteiger partial charge is 0.444 e. The van der Waals surface area contributed by atoms with Crippen LogP contribution in [0.25, 0.3) is 0 Å². The molecule has 1 saturated carbocycles. The van der Waals surface area contributed by atoms with Crippen LogP contribution in [0.3, 0.4) is 0 Å². The van der Waals surface area contributed by atoms with Gasteiger partial charge in [-0.2, -0.15) is 0 Å². The first-order chi connectivity index (χ1) is 8.80. The van der Waals surface area contributed by atoms with Crippen molar-refractivity contribution < 1.29 is 14.6 Å². The van der Waals surface area contributed by atoms with Crippen molar-refractivity contribution in [1.82, 2.24) is 10.6 Å². The summed E-state index contributed by atoms with van der Waals surface area (Å²) < 4.78 is 5.25. The van der Waals surface area contributed by atoms with Crippen molar-refractivity contribution >= 4 is 6.09 Å². The van der Waals surface area contributed by atoms with Gasteiger partial charge in [-0.15, -0.1) is 0 Å². The second kappa shape index (κ2) is 7.10. The van der Waals surface area contributed by atoms with Gasteiger partial charge in [0.1, 0.15) is 5.60 Å². The molecule has 0 heterocycles. The molecule has 0 aromatic rings. The number of amides is 1. The maximum atomic E-state index is 11.7. The van der Waals surface area contributed by atoms with E-state index in [4.69, 9.17) is 9.84 Å². The molecule has 1 atom stereocenters. The fourth-order valence-corrected chi connectivity index (χ4v) is 2.33. The van der Waals surface area contributed by atoms with E-state index in [2.05, 4.69) is 10.6 Å². The molecule has 0 saturated heterocycles. The summed E-state index contributed by atoms with van der Waals surface area (Å²) in [6.45, 7) is 7.73. The highest BCUT2D eigenvalue weighted by molar-refractivity contribution is 5.68. The van der Waals surface area contributed by atoms with E-state index in [1.165, 1.54) is 0 Å². The normalized spacial score (nSPS) is 25.7. The van der Waals surface area contributed by atoms with Gasteiger partial charge in [0.15, 0.2) is 0 Å². The summed E-state index contributed by atoms with van der Waals surface area (Å²) in [5.41, 5.74) is -0.445. The first-order valence-electron chi connectivity index (χ1n) is 7.16. The molecule has 1 rings (SSSR count). The highest BCUT2D eigenvalue weighted by Crippen LogP contribution is 2.19. The molecule has 0 radical (unpaired) electrons. The summed E-state index contributed by atoms with van der Waals surface area (Å²) in [5.74, 6) is 0. The molecule has 0 aromatic heterocycles. The van der Waals surface area contributed by atoms with Crippen LogP contribution >= 0.6 is 0 Å². The summed E-state index contributed by atoms with van der Waals surface area (Å²) >= 11 is 0. The molecule has 5 nitrogen and oxygen atoms in total. The molecule has 1 fully saturated rings. The Kier molecular flexibility index (Phi) is 6.07. The predicted molar refractivity (Wildman–Crippen MR) is 75.1 cm³/mol. The SMILES string of the molecule is CC(CO)NC1CCC(NC(=O)OC(C)(C)C)CC1. The van der Waals surface area contributed by atoms with Crippen LogP contribution in [-0.4, -0.2) is 41.5 Å². The second-order valence-corrected chi connectivity index (χ2v) is 6.45. The fourth-order valence-electron chi connectivity index (χ4n) is 2.33. The third-order valence-electron chi connectivity index (χ3n) is 3.24. The van der Waals surface area contributed by atoms with Crippen LogP contribution in [-0.2, 0) is 4.74 Å². The molecule has 5 heteroatoms. The zero-order valence-electron chi connectivity index (χ0n) is 12.5. The number of ether oxygens (including phenoxy) is 1. The molecule has 0 bridgehead atoms. The Labute approximate surface area is 116 Å². The minimum atomic E-state index is -0.445. The van der Waals surface area contributed by atoms with Crippen molar-refractivity contribution in [3.63, 3.8) is 0 Å². The van der Waals surface area contributed by atoms with Gasteiger partial charge in [-0.3, -0.25) is 0 Å². The van der Waals surface area contributed by atoms with Crippen LogP contribution in [0.15, 0.2) is 0 Å². The molecule has 0 spiro atoms. The Morgan fingerprint density at radius 2 is 1.79 bits per heavy atom. The first kappa shape index (κ1) is 16.2. The monoisotopic (exact) mass is 272 g/mol. The predicted octanol–water partition coefficient (Wildman–Crippen LogP) is 1.79. The third-order valence-corrected chi connectivity index (χ3v) is 3.24. The maximum absolute atomic E-state index is 11.7. The van der Waals surface area contributed by atoms with Gasteiger partial charge >= 0.3 is 6.09 Å². The Bertz CT molecular complexity index is 281. The Balaban J connectivity index is 2.25. The van der Waals surface area contributed by atoms with E-state index >= 15 is 0 Å². The van der Waals surface area contributed by atoms with Crippen molar-refractivity contribution in [1.29, 1.82) is 0 Å². The van der Waals surface area contributed by atoms with E-state index in [1.54, 1.807) is 0 Å². The van der Waals surface area contributed by atoms with E-state index in [1.807, 2.05) is 27.7 Å². The topological polar surface area (TPSA) is 70.6 Å². The number of carbonyl (C=O) groups excluding carboxylic acids is 1. The smallest absolute Gasteiger partial charge is 0.407 e. The lowest BCUT2D eigenvalue weighted by atomic mass is 9.91. The van der Waals surface area contributed by atoms with Gasteiger partial charge in [-0.05, 0) is 53.4 Å². The zero-order valence-corrected chi connectivity index (χ0v) is 12.5. The van der Waals surface area contributed by atoms with Crippen LogP contribution in [0.4, 0.5) is 4.79 Å². The first-order valence-corrected chi connectivity index (χ1v) is 7.16. The number of carbonyl (C=O) groups is 1. The van der Waals surface area contributed by atoms with E-state index < -0.39 is 5.60 Å². The van der Waals surface area contributed by atoms with Gasteiger partial charge in [0.25, 0.3) is 0 Å². The Morgan fingerprint density at radius 1 is 1.26 bits per heavy atom. The third kappa shape index (κ3) is 6.78. The molecule has 1 aliphatic carbocycles. The molecule has 0 aliphatic heterocycles. The summed E-state index contributed by atoms with van der Waals surface area (Å²) in [7, 11) is 0. The summed E-state index contributed by atoms with van der Waals surface area (Å²) in [6.07, 6.45) is 3.62. The summed E-state index contributed by atoms with van der Waals surface area (Å²) in [4.78, 5) is 11.7. The zero-order chi connectivity index (χ0) is 14.5. The van der Waals surface area contributed by atoms with Crippen molar-refractivity contribution in [2.24, 2.45) is 0 Å². The minimum absolute atomic E-state index is 0.139. The fraction of sp³-hybridized carbons (Fsp3) is 0.929.